The van der Waals surface area contributed by atoms with E-state index in [9.17, 15) is 14.9 Å². The highest BCUT2D eigenvalue weighted by atomic mass is 16.6. The van der Waals surface area contributed by atoms with E-state index in [1.165, 1.54) is 6.07 Å². The van der Waals surface area contributed by atoms with Crippen molar-refractivity contribution in [2.75, 3.05) is 18.4 Å². The third-order valence-electron chi connectivity index (χ3n) is 2.32. The molecule has 0 unspecified atom stereocenters. The van der Waals surface area contributed by atoms with E-state index < -0.39 is 4.92 Å². The smallest absolute Gasteiger partial charge is 0.274 e. The number of rotatable bonds is 5. The summed E-state index contributed by atoms with van der Waals surface area (Å²) in [6.07, 6.45) is 0. The van der Waals surface area contributed by atoms with Crippen LogP contribution in [0.3, 0.4) is 0 Å². The summed E-state index contributed by atoms with van der Waals surface area (Å²) in [5.74, 6) is -0.140. The highest BCUT2D eigenvalue weighted by molar-refractivity contribution is 5.81. The first-order valence-electron chi connectivity index (χ1n) is 5.30. The zero-order valence-corrected chi connectivity index (χ0v) is 9.82. The van der Waals surface area contributed by atoms with E-state index in [0.29, 0.717) is 17.8 Å². The van der Waals surface area contributed by atoms with E-state index in [4.69, 9.17) is 0 Å². The minimum absolute atomic E-state index is 0.0471. The number of carbonyl (C=O) groups excluding carboxylic acids is 1. The number of hydrogen-bond donors (Lipinski definition) is 2. The van der Waals surface area contributed by atoms with Crippen LogP contribution in [-0.4, -0.2) is 23.9 Å². The monoisotopic (exact) mass is 237 g/mol. The van der Waals surface area contributed by atoms with Gasteiger partial charge in [0.25, 0.3) is 5.69 Å². The molecule has 92 valence electrons. The molecule has 1 aromatic carbocycles. The molecule has 0 saturated carbocycles. The number of likely N-dealkylation sites (N-methyl/N-ethyl adjacent to an activating group) is 1. The van der Waals surface area contributed by atoms with Gasteiger partial charge in [0.05, 0.1) is 11.5 Å². The summed E-state index contributed by atoms with van der Waals surface area (Å²) in [7, 11) is 0. The van der Waals surface area contributed by atoms with Crippen molar-refractivity contribution in [2.45, 2.75) is 13.8 Å². The predicted octanol–water partition coefficient (Wildman–Crippen LogP) is 1.45. The van der Waals surface area contributed by atoms with Gasteiger partial charge in [0.1, 0.15) is 0 Å². The second-order valence-electron chi connectivity index (χ2n) is 3.51. The number of carbonyl (C=O) groups is 1. The maximum absolute atomic E-state index is 11.2. The molecule has 6 nitrogen and oxygen atoms in total. The van der Waals surface area contributed by atoms with E-state index in [0.717, 1.165) is 0 Å². The van der Waals surface area contributed by atoms with Crippen molar-refractivity contribution in [3.05, 3.63) is 33.9 Å². The van der Waals surface area contributed by atoms with Crippen LogP contribution in [0.2, 0.25) is 0 Å². The SMILES string of the molecule is CCNC(=O)CNc1cccc([N+](=O)[O-])c1C. The molecule has 0 fully saturated rings. The Morgan fingerprint density at radius 2 is 2.18 bits per heavy atom. The second kappa shape index (κ2) is 5.83. The van der Waals surface area contributed by atoms with Crippen LogP contribution >= 0.6 is 0 Å². The van der Waals surface area contributed by atoms with Gasteiger partial charge in [-0.05, 0) is 19.9 Å². The number of nitro groups is 1. The van der Waals surface area contributed by atoms with Crippen LogP contribution < -0.4 is 10.6 Å². The van der Waals surface area contributed by atoms with Crippen molar-refractivity contribution in [3.63, 3.8) is 0 Å². The van der Waals surface area contributed by atoms with Crippen molar-refractivity contribution >= 4 is 17.3 Å². The molecule has 0 aliphatic heterocycles. The van der Waals surface area contributed by atoms with Crippen LogP contribution in [0.5, 0.6) is 0 Å². The van der Waals surface area contributed by atoms with Gasteiger partial charge in [-0.25, -0.2) is 0 Å². The van der Waals surface area contributed by atoms with Crippen LogP contribution in [0.4, 0.5) is 11.4 Å². The number of nitro benzene ring substituents is 1. The van der Waals surface area contributed by atoms with Crippen molar-refractivity contribution < 1.29 is 9.72 Å². The van der Waals surface area contributed by atoms with E-state index in [1.807, 2.05) is 6.92 Å². The molecule has 0 atom stereocenters. The maximum atomic E-state index is 11.2. The number of nitrogens with zero attached hydrogens (tertiary/aromatic N) is 1. The Kier molecular flexibility index (Phi) is 4.45. The molecule has 0 radical (unpaired) electrons. The quantitative estimate of drug-likeness (QED) is 0.599. The normalized spacial score (nSPS) is 9.76. The van der Waals surface area contributed by atoms with Gasteiger partial charge in [0.2, 0.25) is 5.91 Å². The van der Waals surface area contributed by atoms with E-state index in [1.54, 1.807) is 19.1 Å². The van der Waals surface area contributed by atoms with Gasteiger partial charge < -0.3 is 10.6 Å². The first kappa shape index (κ1) is 13.0. The van der Waals surface area contributed by atoms with Gasteiger partial charge >= 0.3 is 0 Å². The first-order valence-corrected chi connectivity index (χ1v) is 5.30. The lowest BCUT2D eigenvalue weighted by molar-refractivity contribution is -0.385. The Bertz CT molecular complexity index is 432. The summed E-state index contributed by atoms with van der Waals surface area (Å²) in [6.45, 7) is 4.15. The van der Waals surface area contributed by atoms with Gasteiger partial charge in [0, 0.05) is 23.9 Å². The number of nitrogens with one attached hydrogen (secondary N) is 2. The lowest BCUT2D eigenvalue weighted by Gasteiger charge is -2.09. The average molecular weight is 237 g/mol. The van der Waals surface area contributed by atoms with Crippen LogP contribution in [0, 0.1) is 17.0 Å². The molecule has 0 aromatic heterocycles. The molecular formula is C11H15N3O3. The fraction of sp³-hybridized carbons (Fsp3) is 0.364. The van der Waals surface area contributed by atoms with Crippen LogP contribution in [0.15, 0.2) is 18.2 Å². The molecule has 17 heavy (non-hydrogen) atoms. The largest absolute Gasteiger partial charge is 0.376 e. The summed E-state index contributed by atoms with van der Waals surface area (Å²) < 4.78 is 0. The molecule has 0 saturated heterocycles. The predicted molar refractivity (Wildman–Crippen MR) is 65.0 cm³/mol. The molecule has 0 spiro atoms. The zero-order valence-electron chi connectivity index (χ0n) is 9.82. The summed E-state index contributed by atoms with van der Waals surface area (Å²) >= 11 is 0. The van der Waals surface area contributed by atoms with Crippen LogP contribution in [-0.2, 0) is 4.79 Å². The minimum Gasteiger partial charge on any atom is -0.376 e. The molecular weight excluding hydrogens is 222 g/mol. The fourth-order valence-electron chi connectivity index (χ4n) is 1.45. The third kappa shape index (κ3) is 3.44. The molecule has 2 N–H and O–H groups in total. The van der Waals surface area contributed by atoms with Crippen molar-refractivity contribution in [1.82, 2.24) is 5.32 Å². The van der Waals surface area contributed by atoms with Crippen molar-refractivity contribution in [2.24, 2.45) is 0 Å². The minimum atomic E-state index is -0.438. The Balaban J connectivity index is 2.75. The molecule has 1 amide bonds. The van der Waals surface area contributed by atoms with Crippen LogP contribution in [0.1, 0.15) is 12.5 Å². The maximum Gasteiger partial charge on any atom is 0.274 e. The number of anilines is 1. The number of hydrogen-bond acceptors (Lipinski definition) is 4. The second-order valence-corrected chi connectivity index (χ2v) is 3.51. The van der Waals surface area contributed by atoms with Crippen LogP contribution in [0.25, 0.3) is 0 Å². The van der Waals surface area contributed by atoms with E-state index >= 15 is 0 Å². The first-order chi connectivity index (χ1) is 8.06. The van der Waals surface area contributed by atoms with E-state index in [-0.39, 0.29) is 18.1 Å². The molecule has 1 aromatic rings. The molecule has 0 bridgehead atoms. The van der Waals surface area contributed by atoms with Gasteiger partial charge in [-0.2, -0.15) is 0 Å². The van der Waals surface area contributed by atoms with Crippen molar-refractivity contribution in [3.8, 4) is 0 Å². The van der Waals surface area contributed by atoms with Gasteiger partial charge in [-0.3, -0.25) is 14.9 Å². The number of benzene rings is 1. The van der Waals surface area contributed by atoms with Gasteiger partial charge in [-0.1, -0.05) is 6.07 Å². The fourth-order valence-corrected chi connectivity index (χ4v) is 1.45. The lowest BCUT2D eigenvalue weighted by Crippen LogP contribution is -2.29. The summed E-state index contributed by atoms with van der Waals surface area (Å²) in [6, 6.07) is 4.74. The Morgan fingerprint density at radius 1 is 1.47 bits per heavy atom. The number of amides is 1. The van der Waals surface area contributed by atoms with Gasteiger partial charge in [0.15, 0.2) is 0 Å². The Morgan fingerprint density at radius 3 is 2.76 bits per heavy atom. The molecule has 0 aliphatic carbocycles. The van der Waals surface area contributed by atoms with Crippen molar-refractivity contribution in [1.29, 1.82) is 0 Å². The van der Waals surface area contributed by atoms with Gasteiger partial charge in [-0.15, -0.1) is 0 Å². The average Bonchev–Trinajstić information content (AvgIpc) is 2.27. The highest BCUT2D eigenvalue weighted by Gasteiger charge is 2.13. The molecule has 0 heterocycles. The summed E-state index contributed by atoms with van der Waals surface area (Å²) in [5.41, 5.74) is 1.18. The highest BCUT2D eigenvalue weighted by Crippen LogP contribution is 2.24. The Hall–Kier alpha value is -2.11. The summed E-state index contributed by atoms with van der Waals surface area (Å²) in [4.78, 5) is 21.5. The summed E-state index contributed by atoms with van der Waals surface area (Å²) in [5, 5.41) is 16.2. The Labute approximate surface area is 99.2 Å². The molecule has 6 heteroatoms. The third-order valence-corrected chi connectivity index (χ3v) is 2.32. The topological polar surface area (TPSA) is 84.3 Å². The zero-order chi connectivity index (χ0) is 12.8. The standard InChI is InChI=1S/C11H15N3O3/c1-3-12-11(15)7-13-9-5-4-6-10(8(9)2)14(16)17/h4-6,13H,3,7H2,1-2H3,(H,12,15). The molecule has 1 rings (SSSR count). The molecule has 0 aliphatic rings. The van der Waals surface area contributed by atoms with E-state index in [2.05, 4.69) is 10.6 Å². The lowest BCUT2D eigenvalue weighted by atomic mass is 10.1.